The van der Waals surface area contributed by atoms with Gasteiger partial charge >= 0.3 is 0 Å². The Kier molecular flexibility index (Phi) is 4.63. The van der Waals surface area contributed by atoms with Crippen LogP contribution >= 0.6 is 15.9 Å². The van der Waals surface area contributed by atoms with Gasteiger partial charge in [0.15, 0.2) is 0 Å². The summed E-state index contributed by atoms with van der Waals surface area (Å²) >= 11 is 3.43. The van der Waals surface area contributed by atoms with Gasteiger partial charge in [0.2, 0.25) is 0 Å². The molecule has 0 aromatic heterocycles. The summed E-state index contributed by atoms with van der Waals surface area (Å²) in [7, 11) is 0. The zero-order valence-electron chi connectivity index (χ0n) is 11.0. The second-order valence-corrected chi connectivity index (χ2v) is 6.18. The lowest BCUT2D eigenvalue weighted by Gasteiger charge is -2.28. The van der Waals surface area contributed by atoms with Gasteiger partial charge in [-0.15, -0.1) is 0 Å². The van der Waals surface area contributed by atoms with Crippen molar-refractivity contribution in [1.29, 1.82) is 0 Å². The first-order valence-corrected chi connectivity index (χ1v) is 7.58. The molecule has 1 aromatic rings. The maximum Gasteiger partial charge on any atom is 0.108 e. The van der Waals surface area contributed by atoms with Gasteiger partial charge in [-0.05, 0) is 55.9 Å². The van der Waals surface area contributed by atoms with Gasteiger partial charge in [0, 0.05) is 4.47 Å². The molecule has 0 saturated carbocycles. The van der Waals surface area contributed by atoms with Crippen LogP contribution in [-0.2, 0) is 5.60 Å². The molecule has 1 aliphatic carbocycles. The Morgan fingerprint density at radius 3 is 2.44 bits per heavy atom. The molecular weight excluding hydrogens is 288 g/mol. The van der Waals surface area contributed by atoms with E-state index >= 15 is 0 Å². The fourth-order valence-corrected chi connectivity index (χ4v) is 2.86. The summed E-state index contributed by atoms with van der Waals surface area (Å²) in [6.07, 6.45) is 9.42. The molecule has 1 N–H and O–H groups in total. The first-order chi connectivity index (χ1) is 8.60. The Morgan fingerprint density at radius 2 is 1.72 bits per heavy atom. The molecule has 0 spiro atoms. The number of benzene rings is 1. The highest BCUT2D eigenvalue weighted by Crippen LogP contribution is 2.34. The van der Waals surface area contributed by atoms with E-state index in [0.29, 0.717) is 0 Å². The van der Waals surface area contributed by atoms with Gasteiger partial charge in [-0.1, -0.05) is 47.0 Å². The van der Waals surface area contributed by atoms with Crippen LogP contribution in [0.25, 0.3) is 0 Å². The molecule has 2 heteroatoms. The van der Waals surface area contributed by atoms with E-state index in [1.54, 1.807) is 0 Å². The topological polar surface area (TPSA) is 20.2 Å². The summed E-state index contributed by atoms with van der Waals surface area (Å²) in [6, 6.07) is 7.99. The van der Waals surface area contributed by atoms with Gasteiger partial charge in [0.05, 0.1) is 0 Å². The zero-order valence-corrected chi connectivity index (χ0v) is 12.5. The number of hydrogen-bond acceptors (Lipinski definition) is 1. The van der Waals surface area contributed by atoms with E-state index in [1.807, 2.05) is 31.2 Å². The summed E-state index contributed by atoms with van der Waals surface area (Å²) in [5.41, 5.74) is 1.35. The molecule has 0 aliphatic heterocycles. The monoisotopic (exact) mass is 308 g/mol. The lowest BCUT2D eigenvalue weighted by molar-refractivity contribution is 0.0922. The predicted octanol–water partition coefficient (Wildman–Crippen LogP) is 4.94. The van der Waals surface area contributed by atoms with Crippen LogP contribution in [0.1, 0.15) is 51.0 Å². The average Bonchev–Trinajstić information content (AvgIpc) is 2.28. The zero-order chi connectivity index (χ0) is 13.0. The Morgan fingerprint density at radius 1 is 1.06 bits per heavy atom. The van der Waals surface area contributed by atoms with Gasteiger partial charge in [0.25, 0.3) is 0 Å². The van der Waals surface area contributed by atoms with Crippen LogP contribution in [0.3, 0.4) is 0 Å². The molecule has 1 nitrogen and oxygen atoms in total. The molecule has 2 rings (SSSR count). The predicted molar refractivity (Wildman–Crippen MR) is 79.5 cm³/mol. The minimum absolute atomic E-state index is 0.821. The highest BCUT2D eigenvalue weighted by atomic mass is 79.9. The summed E-state index contributed by atoms with van der Waals surface area (Å²) < 4.78 is 1.05. The van der Waals surface area contributed by atoms with Gasteiger partial charge in [-0.2, -0.15) is 0 Å². The van der Waals surface area contributed by atoms with Crippen molar-refractivity contribution in [2.45, 2.75) is 51.0 Å². The van der Waals surface area contributed by atoms with Crippen molar-refractivity contribution >= 4 is 15.9 Å². The van der Waals surface area contributed by atoms with Gasteiger partial charge in [-0.3, -0.25) is 0 Å². The third-order valence-electron chi connectivity index (χ3n) is 3.82. The van der Waals surface area contributed by atoms with Crippen molar-refractivity contribution in [3.8, 4) is 0 Å². The minimum Gasteiger partial charge on any atom is -0.381 e. The highest BCUT2D eigenvalue weighted by Gasteiger charge is 2.27. The molecular formula is C16H21BrO. The Bertz CT molecular complexity index is 417. The molecule has 98 valence electrons. The molecule has 1 atom stereocenters. The van der Waals surface area contributed by atoms with Gasteiger partial charge < -0.3 is 5.11 Å². The first kappa shape index (κ1) is 13.8. The Balaban J connectivity index is 2.25. The van der Waals surface area contributed by atoms with Crippen molar-refractivity contribution in [3.63, 3.8) is 0 Å². The summed E-state index contributed by atoms with van der Waals surface area (Å²) in [4.78, 5) is 0. The molecule has 0 fully saturated rings. The fourth-order valence-electron chi connectivity index (χ4n) is 2.59. The van der Waals surface area contributed by atoms with Crippen LogP contribution in [0.4, 0.5) is 0 Å². The van der Waals surface area contributed by atoms with Gasteiger partial charge in [0.1, 0.15) is 5.60 Å². The van der Waals surface area contributed by atoms with Crippen LogP contribution in [0, 0.1) is 0 Å². The summed E-state index contributed by atoms with van der Waals surface area (Å²) in [6.45, 7) is 1.92. The SMILES string of the molecule is CC(O)(/C1=C/CCCCCC1)c1ccc(Br)cc1. The summed E-state index contributed by atoms with van der Waals surface area (Å²) in [5.74, 6) is 0. The number of allylic oxidation sites excluding steroid dienone is 1. The average molecular weight is 309 g/mol. The van der Waals surface area contributed by atoms with E-state index in [1.165, 1.54) is 31.3 Å². The lowest BCUT2D eigenvalue weighted by Crippen LogP contribution is -2.24. The number of rotatable bonds is 2. The normalized spacial score (nSPS) is 23.4. The largest absolute Gasteiger partial charge is 0.381 e. The van der Waals surface area contributed by atoms with Crippen LogP contribution in [0.15, 0.2) is 40.4 Å². The molecule has 0 heterocycles. The first-order valence-electron chi connectivity index (χ1n) is 6.78. The molecule has 0 bridgehead atoms. The van der Waals surface area contributed by atoms with E-state index in [4.69, 9.17) is 0 Å². The molecule has 1 aliphatic rings. The third kappa shape index (κ3) is 3.24. The third-order valence-corrected chi connectivity index (χ3v) is 4.35. The maximum atomic E-state index is 10.8. The van der Waals surface area contributed by atoms with E-state index in [2.05, 4.69) is 22.0 Å². The molecule has 0 radical (unpaired) electrons. The number of aliphatic hydroxyl groups is 1. The summed E-state index contributed by atoms with van der Waals surface area (Å²) in [5, 5.41) is 10.8. The van der Waals surface area contributed by atoms with Crippen molar-refractivity contribution in [2.24, 2.45) is 0 Å². The van der Waals surface area contributed by atoms with E-state index in [0.717, 1.165) is 22.9 Å². The molecule has 18 heavy (non-hydrogen) atoms. The smallest absolute Gasteiger partial charge is 0.108 e. The molecule has 1 unspecified atom stereocenters. The second-order valence-electron chi connectivity index (χ2n) is 5.26. The maximum absolute atomic E-state index is 10.8. The Labute approximate surface area is 118 Å². The number of halogens is 1. The lowest BCUT2D eigenvalue weighted by atomic mass is 9.83. The standard InChI is InChI=1S/C16H21BrO/c1-16(18,14-9-11-15(17)12-10-14)13-7-5-3-2-4-6-8-13/h7,9-12,18H,2-6,8H2,1H3/b13-7+. The molecule has 1 aromatic carbocycles. The minimum atomic E-state index is -0.821. The van der Waals surface area contributed by atoms with Crippen LogP contribution in [-0.4, -0.2) is 5.11 Å². The van der Waals surface area contributed by atoms with E-state index in [-0.39, 0.29) is 0 Å². The van der Waals surface area contributed by atoms with Crippen LogP contribution < -0.4 is 0 Å². The Hall–Kier alpha value is -0.600. The van der Waals surface area contributed by atoms with Crippen molar-refractivity contribution in [2.75, 3.05) is 0 Å². The highest BCUT2D eigenvalue weighted by molar-refractivity contribution is 9.10. The van der Waals surface area contributed by atoms with E-state index in [9.17, 15) is 5.11 Å². The van der Waals surface area contributed by atoms with E-state index < -0.39 is 5.60 Å². The van der Waals surface area contributed by atoms with Crippen molar-refractivity contribution < 1.29 is 5.11 Å². The van der Waals surface area contributed by atoms with Crippen molar-refractivity contribution in [1.82, 2.24) is 0 Å². The van der Waals surface area contributed by atoms with Crippen molar-refractivity contribution in [3.05, 3.63) is 46.0 Å². The van der Waals surface area contributed by atoms with Crippen LogP contribution in [0.5, 0.6) is 0 Å². The number of hydrogen-bond donors (Lipinski definition) is 1. The quantitative estimate of drug-likeness (QED) is 0.767. The van der Waals surface area contributed by atoms with Crippen LogP contribution in [0.2, 0.25) is 0 Å². The molecule has 0 amide bonds. The second kappa shape index (κ2) is 6.03. The van der Waals surface area contributed by atoms with Gasteiger partial charge in [-0.25, -0.2) is 0 Å². The molecule has 0 saturated heterocycles. The fraction of sp³-hybridized carbons (Fsp3) is 0.500.